The molecule has 4 N–H and O–H groups in total. The molecule has 9 heteroatoms. The summed E-state index contributed by atoms with van der Waals surface area (Å²) in [6.45, 7) is 1.89. The lowest BCUT2D eigenvalue weighted by molar-refractivity contribution is 0.0521. The lowest BCUT2D eigenvalue weighted by atomic mass is 9.93. The van der Waals surface area contributed by atoms with Gasteiger partial charge in [-0.3, -0.25) is 5.41 Å². The average Bonchev–Trinajstić information content (AvgIpc) is 3.31. The van der Waals surface area contributed by atoms with Gasteiger partial charge in [0.25, 0.3) is 0 Å². The van der Waals surface area contributed by atoms with Crippen molar-refractivity contribution in [3.63, 3.8) is 0 Å². The SMILES string of the molecule is CC/C(=C/C(=N)c1cnc2ccc(NC34CCC(O)(CC3)C4)nn12)NSF. The molecule has 0 unspecified atom stereocenters. The van der Waals surface area contributed by atoms with Gasteiger partial charge < -0.3 is 15.1 Å². The van der Waals surface area contributed by atoms with E-state index in [0.29, 0.717) is 29.3 Å². The molecule has 2 aliphatic carbocycles. The Labute approximate surface area is 161 Å². The fourth-order valence-electron chi connectivity index (χ4n) is 4.24. The predicted molar refractivity (Wildman–Crippen MR) is 104 cm³/mol. The van der Waals surface area contributed by atoms with Gasteiger partial charge in [-0.05, 0) is 56.7 Å². The van der Waals surface area contributed by atoms with Gasteiger partial charge in [-0.25, -0.2) is 9.50 Å². The maximum absolute atomic E-state index is 12.5. The second kappa shape index (κ2) is 6.79. The van der Waals surface area contributed by atoms with Crippen molar-refractivity contribution in [1.29, 1.82) is 5.41 Å². The molecule has 2 bridgehead atoms. The highest BCUT2D eigenvalue weighted by Gasteiger charge is 2.53. The van der Waals surface area contributed by atoms with Crippen molar-refractivity contribution < 1.29 is 8.99 Å². The second-order valence-electron chi connectivity index (χ2n) is 7.55. The van der Waals surface area contributed by atoms with E-state index in [1.165, 1.54) is 0 Å². The molecule has 0 aliphatic heterocycles. The molecule has 2 aliphatic rings. The number of aliphatic hydroxyl groups is 1. The van der Waals surface area contributed by atoms with Crippen molar-refractivity contribution in [3.8, 4) is 0 Å². The number of nitrogens with zero attached hydrogens (tertiary/aromatic N) is 3. The Hall–Kier alpha value is -2.13. The van der Waals surface area contributed by atoms with Crippen molar-refractivity contribution in [1.82, 2.24) is 19.3 Å². The van der Waals surface area contributed by atoms with Crippen LogP contribution in [0.2, 0.25) is 0 Å². The quantitative estimate of drug-likeness (QED) is 0.427. The summed E-state index contributed by atoms with van der Waals surface area (Å²) < 4.78 is 16.6. The summed E-state index contributed by atoms with van der Waals surface area (Å²) in [6, 6.07) is 3.74. The van der Waals surface area contributed by atoms with Crippen LogP contribution in [0.1, 0.15) is 51.1 Å². The Kier molecular flexibility index (Phi) is 4.59. The first-order chi connectivity index (χ1) is 13.0. The summed E-state index contributed by atoms with van der Waals surface area (Å²) in [5.41, 5.74) is 1.39. The lowest BCUT2D eigenvalue weighted by Gasteiger charge is -2.28. The summed E-state index contributed by atoms with van der Waals surface area (Å²) in [5, 5.41) is 26.9. The molecule has 0 spiro atoms. The van der Waals surface area contributed by atoms with Crippen LogP contribution in [0.3, 0.4) is 0 Å². The van der Waals surface area contributed by atoms with E-state index in [-0.39, 0.29) is 23.6 Å². The number of rotatable bonds is 7. The first-order valence-electron chi connectivity index (χ1n) is 9.14. The molecule has 4 rings (SSSR count). The zero-order chi connectivity index (χ0) is 19.1. The van der Waals surface area contributed by atoms with Crippen molar-refractivity contribution >= 4 is 29.5 Å². The average molecular weight is 390 g/mol. The number of nitrogens with one attached hydrogen (secondary N) is 3. The van der Waals surface area contributed by atoms with Gasteiger partial charge in [-0.2, -0.15) is 0 Å². The standard InChI is InChI=1S/C18H23FN6OS/c1-2-12(24-27-19)9-13(20)14-10-21-16-4-3-15(23-25(14)16)22-17-5-7-18(26,11-17)8-6-17/h3-4,9-10,20,24,26H,2,5-8,11H2,1H3,(H,22,23)/b12-9-,20-13?. The van der Waals surface area contributed by atoms with Crippen LogP contribution in [0.4, 0.5) is 9.70 Å². The highest BCUT2D eigenvalue weighted by Crippen LogP contribution is 2.51. The van der Waals surface area contributed by atoms with E-state index >= 15 is 0 Å². The molecule has 2 heterocycles. The molecule has 144 valence electrons. The van der Waals surface area contributed by atoms with Crippen molar-refractivity contribution in [3.05, 3.63) is 35.8 Å². The molecular weight excluding hydrogens is 367 g/mol. The Bertz CT molecular complexity index is 902. The highest BCUT2D eigenvalue weighted by atomic mass is 32.2. The molecule has 2 saturated carbocycles. The van der Waals surface area contributed by atoms with Crippen LogP contribution in [0.5, 0.6) is 0 Å². The summed E-state index contributed by atoms with van der Waals surface area (Å²) in [6.07, 6.45) is 8.05. The third-order valence-electron chi connectivity index (χ3n) is 5.71. The first-order valence-corrected chi connectivity index (χ1v) is 9.86. The Morgan fingerprint density at radius 2 is 2.19 bits per heavy atom. The summed E-state index contributed by atoms with van der Waals surface area (Å²) in [5.74, 6) is 0.706. The van der Waals surface area contributed by atoms with E-state index in [4.69, 9.17) is 5.41 Å². The molecule has 2 aromatic rings. The van der Waals surface area contributed by atoms with Gasteiger partial charge >= 0.3 is 0 Å². The maximum Gasteiger partial charge on any atom is 0.162 e. The van der Waals surface area contributed by atoms with Crippen molar-refractivity contribution in [2.45, 2.75) is 56.6 Å². The van der Waals surface area contributed by atoms with Crippen LogP contribution >= 0.6 is 12.3 Å². The van der Waals surface area contributed by atoms with Crippen LogP contribution in [0.15, 0.2) is 30.1 Å². The minimum absolute atomic E-state index is 0.0195. The van der Waals surface area contributed by atoms with Crippen molar-refractivity contribution in [2.75, 3.05) is 5.32 Å². The van der Waals surface area contributed by atoms with Gasteiger partial charge in [0.15, 0.2) is 18.0 Å². The zero-order valence-corrected chi connectivity index (χ0v) is 15.9. The number of allylic oxidation sites excluding steroid dienone is 2. The van der Waals surface area contributed by atoms with E-state index in [1.807, 2.05) is 19.1 Å². The summed E-state index contributed by atoms with van der Waals surface area (Å²) in [7, 11) is 0. The van der Waals surface area contributed by atoms with Gasteiger partial charge in [0.05, 0.1) is 17.5 Å². The zero-order valence-electron chi connectivity index (χ0n) is 15.1. The van der Waals surface area contributed by atoms with Gasteiger partial charge in [-0.15, -0.1) is 8.98 Å². The molecule has 0 radical (unpaired) electrons. The van der Waals surface area contributed by atoms with Crippen LogP contribution < -0.4 is 10.0 Å². The number of aromatic nitrogens is 3. The largest absolute Gasteiger partial charge is 0.390 e. The fourth-order valence-corrected chi connectivity index (χ4v) is 4.55. The fraction of sp³-hybridized carbons (Fsp3) is 0.500. The lowest BCUT2D eigenvalue weighted by Crippen LogP contribution is -2.33. The van der Waals surface area contributed by atoms with E-state index in [9.17, 15) is 8.99 Å². The molecule has 0 atom stereocenters. The molecule has 2 aromatic heterocycles. The Morgan fingerprint density at radius 3 is 2.81 bits per heavy atom. The molecule has 27 heavy (non-hydrogen) atoms. The minimum Gasteiger partial charge on any atom is -0.390 e. The number of halogens is 1. The summed E-state index contributed by atoms with van der Waals surface area (Å²) in [4.78, 5) is 4.31. The number of hydrogen-bond acceptors (Lipinski definition) is 7. The van der Waals surface area contributed by atoms with E-state index < -0.39 is 5.60 Å². The number of imidazole rings is 1. The topological polar surface area (TPSA) is 98.3 Å². The second-order valence-corrected chi connectivity index (χ2v) is 7.91. The van der Waals surface area contributed by atoms with Crippen LogP contribution in [0, 0.1) is 5.41 Å². The van der Waals surface area contributed by atoms with Gasteiger partial charge in [-0.1, -0.05) is 6.92 Å². The van der Waals surface area contributed by atoms with Crippen LogP contribution in [-0.4, -0.2) is 36.6 Å². The van der Waals surface area contributed by atoms with Gasteiger partial charge in [0.1, 0.15) is 11.5 Å². The third-order valence-corrected chi connectivity index (χ3v) is 6.05. The molecular formula is C18H23FN6OS. The maximum atomic E-state index is 12.5. The Balaban J connectivity index is 1.61. The smallest absolute Gasteiger partial charge is 0.162 e. The van der Waals surface area contributed by atoms with Crippen LogP contribution in [0.25, 0.3) is 5.65 Å². The minimum atomic E-state index is -0.526. The molecule has 2 fully saturated rings. The monoisotopic (exact) mass is 390 g/mol. The van der Waals surface area contributed by atoms with Gasteiger partial charge in [0, 0.05) is 11.2 Å². The summed E-state index contributed by atoms with van der Waals surface area (Å²) >= 11 is 0.0195. The molecule has 0 saturated heterocycles. The van der Waals surface area contributed by atoms with E-state index in [2.05, 4.69) is 20.1 Å². The van der Waals surface area contributed by atoms with Gasteiger partial charge in [0.2, 0.25) is 0 Å². The normalized spacial score (nSPS) is 27.3. The number of hydrogen-bond donors (Lipinski definition) is 4. The van der Waals surface area contributed by atoms with E-state index in [0.717, 1.165) is 32.1 Å². The molecule has 7 nitrogen and oxygen atoms in total. The molecule has 0 amide bonds. The van der Waals surface area contributed by atoms with Crippen LogP contribution in [-0.2, 0) is 0 Å². The van der Waals surface area contributed by atoms with Crippen molar-refractivity contribution in [2.24, 2.45) is 0 Å². The molecule has 0 aromatic carbocycles. The number of anilines is 1. The first kappa shape index (κ1) is 18.2. The predicted octanol–water partition coefficient (Wildman–Crippen LogP) is 3.37. The number of fused-ring (bicyclic) bond motifs is 3. The third kappa shape index (κ3) is 3.41. The Morgan fingerprint density at radius 1 is 1.41 bits per heavy atom. The van der Waals surface area contributed by atoms with E-state index in [1.54, 1.807) is 16.8 Å². The highest BCUT2D eigenvalue weighted by molar-refractivity contribution is 7.92.